The van der Waals surface area contributed by atoms with E-state index in [0.29, 0.717) is 18.8 Å². The molecule has 2 aromatic carbocycles. The number of hydrogen-bond donors (Lipinski definition) is 0. The van der Waals surface area contributed by atoms with Gasteiger partial charge in [-0.2, -0.15) is 4.31 Å². The summed E-state index contributed by atoms with van der Waals surface area (Å²) in [6.45, 7) is 0.546. The maximum absolute atomic E-state index is 13.4. The van der Waals surface area contributed by atoms with Gasteiger partial charge < -0.3 is 4.74 Å². The lowest BCUT2D eigenvalue weighted by molar-refractivity contribution is 0.207. The molecule has 0 radical (unpaired) electrons. The number of aromatic nitrogens is 1. The van der Waals surface area contributed by atoms with Crippen molar-refractivity contribution in [2.24, 2.45) is 0 Å². The van der Waals surface area contributed by atoms with Crippen molar-refractivity contribution >= 4 is 20.9 Å². The standard InChI is InChI=1S/C19H17FN2O3S/c20-15-5-3-6-17(12-15)26(23,24)22-11-10-16(13-22)25-19-9-8-14-4-1-2-7-18(14)21-19/h1-9,12,16H,10-11,13H2. The van der Waals surface area contributed by atoms with Crippen molar-refractivity contribution in [3.63, 3.8) is 0 Å². The fourth-order valence-corrected chi connectivity index (χ4v) is 4.59. The van der Waals surface area contributed by atoms with Crippen molar-refractivity contribution in [2.75, 3.05) is 13.1 Å². The number of fused-ring (bicyclic) bond motifs is 1. The van der Waals surface area contributed by atoms with E-state index in [9.17, 15) is 12.8 Å². The first-order valence-electron chi connectivity index (χ1n) is 8.30. The van der Waals surface area contributed by atoms with Gasteiger partial charge in [-0.1, -0.05) is 24.3 Å². The van der Waals surface area contributed by atoms with Gasteiger partial charge >= 0.3 is 0 Å². The van der Waals surface area contributed by atoms with E-state index in [2.05, 4.69) is 4.98 Å². The second-order valence-corrected chi connectivity index (χ2v) is 8.13. The summed E-state index contributed by atoms with van der Waals surface area (Å²) in [7, 11) is -3.73. The van der Waals surface area contributed by atoms with Crippen molar-refractivity contribution in [1.29, 1.82) is 0 Å². The summed E-state index contributed by atoms with van der Waals surface area (Å²) in [5, 5.41) is 1.02. The lowest BCUT2D eigenvalue weighted by atomic mass is 10.2. The van der Waals surface area contributed by atoms with Gasteiger partial charge in [0.15, 0.2) is 0 Å². The van der Waals surface area contributed by atoms with Crippen LogP contribution < -0.4 is 4.74 Å². The number of pyridine rings is 1. The van der Waals surface area contributed by atoms with Crippen molar-refractivity contribution in [1.82, 2.24) is 9.29 Å². The van der Waals surface area contributed by atoms with Crippen LogP contribution in [0.5, 0.6) is 5.88 Å². The number of ether oxygens (including phenoxy) is 1. The highest BCUT2D eigenvalue weighted by molar-refractivity contribution is 7.89. The lowest BCUT2D eigenvalue weighted by Gasteiger charge is -2.17. The predicted molar refractivity (Wildman–Crippen MR) is 95.9 cm³/mol. The van der Waals surface area contributed by atoms with Crippen molar-refractivity contribution < 1.29 is 17.5 Å². The maximum Gasteiger partial charge on any atom is 0.243 e. The molecule has 1 unspecified atom stereocenters. The summed E-state index contributed by atoms with van der Waals surface area (Å²) in [5.74, 6) is -0.0999. The van der Waals surface area contributed by atoms with E-state index in [1.807, 2.05) is 30.3 Å². The van der Waals surface area contributed by atoms with Gasteiger partial charge in [-0.3, -0.25) is 0 Å². The minimum atomic E-state index is -3.73. The molecule has 26 heavy (non-hydrogen) atoms. The average molecular weight is 372 g/mol. The molecule has 0 aliphatic carbocycles. The molecule has 3 aromatic rings. The first kappa shape index (κ1) is 16.9. The number of hydrogen-bond acceptors (Lipinski definition) is 4. The molecule has 1 saturated heterocycles. The van der Waals surface area contributed by atoms with Crippen LogP contribution in [0.3, 0.4) is 0 Å². The molecular weight excluding hydrogens is 355 g/mol. The third kappa shape index (κ3) is 3.27. The van der Waals surface area contributed by atoms with Crippen LogP contribution in [-0.4, -0.2) is 36.9 Å². The first-order valence-corrected chi connectivity index (χ1v) is 9.74. The molecule has 5 nitrogen and oxygen atoms in total. The molecule has 7 heteroatoms. The third-order valence-electron chi connectivity index (χ3n) is 4.40. The van der Waals surface area contributed by atoms with E-state index in [1.54, 1.807) is 6.07 Å². The smallest absolute Gasteiger partial charge is 0.243 e. The Bertz CT molecular complexity index is 1060. The topological polar surface area (TPSA) is 59.5 Å². The van der Waals surface area contributed by atoms with E-state index >= 15 is 0 Å². The number of nitrogens with zero attached hydrogens (tertiary/aromatic N) is 2. The highest BCUT2D eigenvalue weighted by atomic mass is 32.2. The highest BCUT2D eigenvalue weighted by Crippen LogP contribution is 2.25. The zero-order chi connectivity index (χ0) is 18.1. The minimum absolute atomic E-state index is 0.0398. The van der Waals surface area contributed by atoms with Crippen molar-refractivity contribution in [2.45, 2.75) is 17.4 Å². The molecule has 0 bridgehead atoms. The molecule has 1 aliphatic rings. The summed E-state index contributed by atoms with van der Waals surface area (Å²) in [5.41, 5.74) is 0.826. The summed E-state index contributed by atoms with van der Waals surface area (Å²) in [6.07, 6.45) is 0.273. The van der Waals surface area contributed by atoms with Gasteiger partial charge in [0.1, 0.15) is 11.9 Å². The Morgan fingerprint density at radius 3 is 2.77 bits per heavy atom. The molecule has 0 spiro atoms. The molecule has 2 heterocycles. The number of halogens is 1. The van der Waals surface area contributed by atoms with Crippen LogP contribution in [0.15, 0.2) is 65.6 Å². The quantitative estimate of drug-likeness (QED) is 0.706. The number of para-hydroxylation sites is 1. The molecule has 1 aromatic heterocycles. The van der Waals surface area contributed by atoms with Gasteiger partial charge in [0, 0.05) is 18.0 Å². The fraction of sp³-hybridized carbons (Fsp3) is 0.211. The Morgan fingerprint density at radius 1 is 1.08 bits per heavy atom. The van der Waals surface area contributed by atoms with E-state index in [1.165, 1.54) is 22.5 Å². The van der Waals surface area contributed by atoms with Crippen LogP contribution in [0, 0.1) is 5.82 Å². The Morgan fingerprint density at radius 2 is 1.92 bits per heavy atom. The lowest BCUT2D eigenvalue weighted by Crippen LogP contribution is -2.31. The maximum atomic E-state index is 13.4. The molecule has 0 N–H and O–H groups in total. The Hall–Kier alpha value is -2.51. The van der Waals surface area contributed by atoms with Gasteiger partial charge in [-0.25, -0.2) is 17.8 Å². The molecule has 4 rings (SSSR count). The molecule has 1 fully saturated rings. The number of rotatable bonds is 4. The van der Waals surface area contributed by atoms with Crippen LogP contribution in [-0.2, 0) is 10.0 Å². The summed E-state index contributed by atoms with van der Waals surface area (Å²) in [6, 6.07) is 16.5. The Labute approximate surface area is 151 Å². The number of sulfonamides is 1. The number of benzene rings is 2. The molecule has 0 saturated carbocycles. The van der Waals surface area contributed by atoms with Gasteiger partial charge in [-0.15, -0.1) is 0 Å². The largest absolute Gasteiger partial charge is 0.473 e. The van der Waals surface area contributed by atoms with Crippen LogP contribution in [0.4, 0.5) is 4.39 Å². The Balaban J connectivity index is 1.49. The molecular formula is C19H17FN2O3S. The molecule has 134 valence electrons. The second-order valence-electron chi connectivity index (χ2n) is 6.19. The summed E-state index contributed by atoms with van der Waals surface area (Å²) < 4.78 is 45.9. The highest BCUT2D eigenvalue weighted by Gasteiger charge is 2.34. The minimum Gasteiger partial charge on any atom is -0.473 e. The first-order chi connectivity index (χ1) is 12.5. The Kier molecular flexibility index (Phi) is 4.34. The van der Waals surface area contributed by atoms with E-state index in [0.717, 1.165) is 17.0 Å². The third-order valence-corrected chi connectivity index (χ3v) is 6.26. The van der Waals surface area contributed by atoms with Gasteiger partial charge in [-0.05, 0) is 36.8 Å². The molecule has 0 amide bonds. The van der Waals surface area contributed by atoms with E-state index in [4.69, 9.17) is 4.74 Å². The fourth-order valence-electron chi connectivity index (χ4n) is 3.07. The van der Waals surface area contributed by atoms with Crippen molar-refractivity contribution in [3.05, 3.63) is 66.5 Å². The van der Waals surface area contributed by atoms with Crippen LogP contribution in [0.25, 0.3) is 10.9 Å². The average Bonchev–Trinajstić information content (AvgIpc) is 3.11. The normalized spacial score (nSPS) is 18.3. The van der Waals surface area contributed by atoms with Gasteiger partial charge in [0.25, 0.3) is 0 Å². The van der Waals surface area contributed by atoms with Gasteiger partial charge in [0.2, 0.25) is 15.9 Å². The van der Waals surface area contributed by atoms with Crippen LogP contribution >= 0.6 is 0 Å². The monoisotopic (exact) mass is 372 g/mol. The van der Waals surface area contributed by atoms with Crippen LogP contribution in [0.2, 0.25) is 0 Å². The summed E-state index contributed by atoms with van der Waals surface area (Å²) >= 11 is 0. The van der Waals surface area contributed by atoms with E-state index < -0.39 is 15.8 Å². The second kappa shape index (κ2) is 6.66. The predicted octanol–water partition coefficient (Wildman–Crippen LogP) is 3.22. The summed E-state index contributed by atoms with van der Waals surface area (Å²) in [4.78, 5) is 4.42. The molecule has 1 atom stereocenters. The zero-order valence-electron chi connectivity index (χ0n) is 13.9. The zero-order valence-corrected chi connectivity index (χ0v) is 14.7. The molecule has 1 aliphatic heterocycles. The van der Waals surface area contributed by atoms with Gasteiger partial charge in [0.05, 0.1) is 17.0 Å². The van der Waals surface area contributed by atoms with Crippen molar-refractivity contribution in [3.8, 4) is 5.88 Å². The van der Waals surface area contributed by atoms with E-state index in [-0.39, 0.29) is 17.5 Å². The SMILES string of the molecule is O=S(=O)(c1cccc(F)c1)N1CCC(Oc2ccc3ccccc3n2)C1. The van der Waals surface area contributed by atoms with Crippen LogP contribution in [0.1, 0.15) is 6.42 Å².